The highest BCUT2D eigenvalue weighted by Gasteiger charge is 2.52. The Morgan fingerprint density at radius 3 is 2.58 bits per heavy atom. The van der Waals surface area contributed by atoms with Crippen LogP contribution in [0.15, 0.2) is 23.8 Å². The molecular weight excluding hydrogens is 449 g/mol. The second-order valence-corrected chi connectivity index (χ2v) is 7.66. The summed E-state index contributed by atoms with van der Waals surface area (Å²) in [6.07, 6.45) is -5.97. The zero-order valence-electron chi connectivity index (χ0n) is 17.8. The number of halogens is 3. The second kappa shape index (κ2) is 9.40. The molecule has 1 aliphatic carbocycles. The number of nitrogens with zero attached hydrogens (tertiary/aromatic N) is 1. The van der Waals surface area contributed by atoms with E-state index in [0.717, 1.165) is 13.0 Å². The lowest BCUT2D eigenvalue weighted by molar-refractivity contribution is -0.168. The summed E-state index contributed by atoms with van der Waals surface area (Å²) >= 11 is 0. The van der Waals surface area contributed by atoms with Crippen molar-refractivity contribution in [2.45, 2.75) is 37.3 Å². The van der Waals surface area contributed by atoms with Gasteiger partial charge in [-0.1, -0.05) is 0 Å². The minimum absolute atomic E-state index is 0.0685. The fraction of sp³-hybridized carbons (Fsp3) is 0.476. The van der Waals surface area contributed by atoms with E-state index in [9.17, 15) is 32.7 Å². The van der Waals surface area contributed by atoms with E-state index in [-0.39, 0.29) is 35.8 Å². The van der Waals surface area contributed by atoms with E-state index in [1.54, 1.807) is 0 Å². The van der Waals surface area contributed by atoms with Gasteiger partial charge in [-0.15, -0.1) is 0 Å². The number of aliphatic hydroxyl groups is 2. The van der Waals surface area contributed by atoms with Crippen molar-refractivity contribution in [1.82, 2.24) is 10.2 Å². The molecule has 180 valence electrons. The summed E-state index contributed by atoms with van der Waals surface area (Å²) in [6, 6.07) is 1.30. The van der Waals surface area contributed by atoms with Crippen molar-refractivity contribution >= 4 is 18.1 Å². The zero-order chi connectivity index (χ0) is 24.5. The van der Waals surface area contributed by atoms with Crippen LogP contribution in [0.4, 0.5) is 13.2 Å². The van der Waals surface area contributed by atoms with Crippen LogP contribution < -0.4 is 14.8 Å². The molecule has 0 saturated carbocycles. The number of carbonyl (C=O) groups excluding carboxylic acids is 3. The molecule has 0 radical (unpaired) electrons. The summed E-state index contributed by atoms with van der Waals surface area (Å²) in [4.78, 5) is 36.8. The molecule has 0 aromatic heterocycles. The van der Waals surface area contributed by atoms with Gasteiger partial charge < -0.3 is 29.9 Å². The van der Waals surface area contributed by atoms with Gasteiger partial charge in [0, 0.05) is 30.2 Å². The van der Waals surface area contributed by atoms with Crippen LogP contribution in [-0.2, 0) is 9.59 Å². The number of alkyl halides is 3. The molecule has 0 unspecified atom stereocenters. The Hall–Kier alpha value is -3.12. The molecule has 0 fully saturated rings. The maximum atomic E-state index is 13.2. The average molecular weight is 472 g/mol. The minimum Gasteiger partial charge on any atom is -0.493 e. The third kappa shape index (κ3) is 4.81. The Labute approximate surface area is 186 Å². The Bertz CT molecular complexity index is 979. The van der Waals surface area contributed by atoms with Crippen LogP contribution in [0.1, 0.15) is 28.8 Å². The molecule has 2 aliphatic rings. The lowest BCUT2D eigenvalue weighted by Crippen LogP contribution is -2.57. The number of carbonyl (C=O) groups is 3. The Kier molecular flexibility index (Phi) is 6.98. The van der Waals surface area contributed by atoms with Gasteiger partial charge in [-0.2, -0.15) is 13.2 Å². The molecule has 1 aromatic carbocycles. The van der Waals surface area contributed by atoms with E-state index in [4.69, 9.17) is 14.6 Å². The van der Waals surface area contributed by atoms with Crippen LogP contribution in [0.2, 0.25) is 0 Å². The quantitative estimate of drug-likeness (QED) is 0.495. The number of nitrogens with one attached hydrogen (secondary N) is 1. The minimum atomic E-state index is -4.75. The second-order valence-electron chi connectivity index (χ2n) is 7.66. The standard InChI is InChI=1S/C21H23F3N2O7/c1-10(29)26(9-21(22,23)24)14-7-13(20(31)25-3-4-27)16-12-5-11(8-28)6-15(32-2)18(12)33-19(16)17(14)30/h5-8,14,16-17,19,27,30H,3-4,9H2,1-2H3,(H,25,31)/t14-,16+,17+,19+/m1/s1. The first kappa shape index (κ1) is 24.5. The molecule has 3 rings (SSSR count). The number of benzene rings is 1. The van der Waals surface area contributed by atoms with Crippen molar-refractivity contribution < 1.29 is 47.2 Å². The first-order valence-corrected chi connectivity index (χ1v) is 9.99. The van der Waals surface area contributed by atoms with Gasteiger partial charge in [-0.25, -0.2) is 0 Å². The molecule has 33 heavy (non-hydrogen) atoms. The van der Waals surface area contributed by atoms with Crippen LogP contribution in [0.3, 0.4) is 0 Å². The van der Waals surface area contributed by atoms with E-state index in [1.807, 2.05) is 0 Å². The van der Waals surface area contributed by atoms with Crippen LogP contribution in [0.5, 0.6) is 11.5 Å². The molecule has 12 heteroatoms. The number of fused-ring (bicyclic) bond motifs is 3. The average Bonchev–Trinajstić information content (AvgIpc) is 3.15. The Balaban J connectivity index is 2.15. The van der Waals surface area contributed by atoms with Gasteiger partial charge in [0.2, 0.25) is 11.8 Å². The van der Waals surface area contributed by atoms with E-state index in [0.29, 0.717) is 16.7 Å². The lowest BCUT2D eigenvalue weighted by atomic mass is 9.77. The number of aliphatic hydroxyl groups excluding tert-OH is 2. The summed E-state index contributed by atoms with van der Waals surface area (Å²) in [7, 11) is 1.32. The van der Waals surface area contributed by atoms with E-state index >= 15 is 0 Å². The molecule has 2 amide bonds. The SMILES string of the molecule is COc1cc(C=O)cc2c1O[C@@H]1[C@@H](O)[C@H](N(CC(F)(F)F)C(C)=O)C=C(C(=O)NCCO)[C@H]21. The van der Waals surface area contributed by atoms with Gasteiger partial charge in [-0.05, 0) is 18.2 Å². The Morgan fingerprint density at radius 2 is 2.03 bits per heavy atom. The van der Waals surface area contributed by atoms with Gasteiger partial charge >= 0.3 is 6.18 Å². The monoisotopic (exact) mass is 472 g/mol. The van der Waals surface area contributed by atoms with Crippen molar-refractivity contribution in [1.29, 1.82) is 0 Å². The highest BCUT2D eigenvalue weighted by atomic mass is 19.4. The van der Waals surface area contributed by atoms with Crippen LogP contribution in [-0.4, -0.2) is 84.4 Å². The molecule has 1 heterocycles. The first-order valence-electron chi connectivity index (χ1n) is 9.99. The predicted octanol–water partition coefficient (Wildman–Crippen LogP) is 0.541. The first-order chi connectivity index (χ1) is 15.5. The smallest absolute Gasteiger partial charge is 0.406 e. The van der Waals surface area contributed by atoms with Gasteiger partial charge in [0.25, 0.3) is 0 Å². The number of amides is 2. The van der Waals surface area contributed by atoms with E-state index in [2.05, 4.69) is 5.32 Å². The van der Waals surface area contributed by atoms with Crippen molar-refractivity contribution in [2.24, 2.45) is 0 Å². The van der Waals surface area contributed by atoms with Crippen LogP contribution >= 0.6 is 0 Å². The molecule has 4 atom stereocenters. The number of hydrogen-bond donors (Lipinski definition) is 3. The van der Waals surface area contributed by atoms with E-state index < -0.39 is 48.7 Å². The largest absolute Gasteiger partial charge is 0.493 e. The number of methoxy groups -OCH3 is 1. The normalized spacial score (nSPS) is 23.5. The van der Waals surface area contributed by atoms with Crippen LogP contribution in [0.25, 0.3) is 0 Å². The molecule has 3 N–H and O–H groups in total. The van der Waals surface area contributed by atoms with E-state index in [1.165, 1.54) is 19.2 Å². The summed E-state index contributed by atoms with van der Waals surface area (Å²) in [5.41, 5.74) is 0.458. The molecule has 1 aliphatic heterocycles. The summed E-state index contributed by atoms with van der Waals surface area (Å²) in [6.45, 7) is -1.24. The zero-order valence-corrected chi connectivity index (χ0v) is 17.8. The molecule has 1 aromatic rings. The third-order valence-corrected chi connectivity index (χ3v) is 5.52. The molecule has 0 saturated heterocycles. The van der Waals surface area contributed by atoms with Gasteiger partial charge in [0.15, 0.2) is 11.5 Å². The lowest BCUT2D eigenvalue weighted by Gasteiger charge is -2.40. The van der Waals surface area contributed by atoms with Gasteiger partial charge in [0.05, 0.1) is 25.7 Å². The van der Waals surface area contributed by atoms with Crippen molar-refractivity contribution in [3.63, 3.8) is 0 Å². The van der Waals surface area contributed by atoms with Crippen molar-refractivity contribution in [3.05, 3.63) is 34.9 Å². The highest BCUT2D eigenvalue weighted by Crippen LogP contribution is 2.51. The number of hydrogen-bond acceptors (Lipinski definition) is 7. The fourth-order valence-electron chi connectivity index (χ4n) is 4.18. The summed E-state index contributed by atoms with van der Waals surface area (Å²) in [5, 5.41) is 22.5. The van der Waals surface area contributed by atoms with Gasteiger partial charge in [0.1, 0.15) is 25.0 Å². The Morgan fingerprint density at radius 1 is 1.33 bits per heavy atom. The third-order valence-electron chi connectivity index (χ3n) is 5.52. The summed E-state index contributed by atoms with van der Waals surface area (Å²) in [5.74, 6) is -2.38. The van der Waals surface area contributed by atoms with Crippen LogP contribution in [0, 0.1) is 0 Å². The summed E-state index contributed by atoms with van der Waals surface area (Å²) < 4.78 is 50.5. The number of rotatable bonds is 7. The number of ether oxygens (including phenoxy) is 2. The van der Waals surface area contributed by atoms with Crippen molar-refractivity contribution in [3.8, 4) is 11.5 Å². The topological polar surface area (TPSA) is 125 Å². The number of aldehydes is 1. The maximum Gasteiger partial charge on any atom is 0.406 e. The molecule has 0 spiro atoms. The fourth-order valence-corrected chi connectivity index (χ4v) is 4.18. The van der Waals surface area contributed by atoms with Gasteiger partial charge in [-0.3, -0.25) is 14.4 Å². The van der Waals surface area contributed by atoms with Crippen molar-refractivity contribution in [2.75, 3.05) is 26.8 Å². The molecule has 0 bridgehead atoms. The molecule has 9 nitrogen and oxygen atoms in total. The maximum absolute atomic E-state index is 13.2. The highest BCUT2D eigenvalue weighted by molar-refractivity contribution is 5.96. The molecular formula is C21H23F3N2O7. The predicted molar refractivity (Wildman–Crippen MR) is 107 cm³/mol.